The summed E-state index contributed by atoms with van der Waals surface area (Å²) in [6.07, 6.45) is 0. The van der Waals surface area contributed by atoms with Crippen LogP contribution >= 0.6 is 11.3 Å². The van der Waals surface area contributed by atoms with Crippen molar-refractivity contribution >= 4 is 32.9 Å². The first-order valence-electron chi connectivity index (χ1n) is 6.55. The van der Waals surface area contributed by atoms with Crippen molar-refractivity contribution in [3.05, 3.63) is 53.0 Å². The fraction of sp³-hybridized carbons (Fsp3) is 0.188. The van der Waals surface area contributed by atoms with E-state index in [0.717, 1.165) is 33.1 Å². The van der Waals surface area contributed by atoms with Crippen LogP contribution < -0.4 is 10.6 Å². The summed E-state index contributed by atoms with van der Waals surface area (Å²) in [5, 5.41) is 1.07. The van der Waals surface area contributed by atoms with Crippen LogP contribution in [0.5, 0.6) is 0 Å². The second-order valence-electron chi connectivity index (χ2n) is 4.95. The molecule has 0 fully saturated rings. The van der Waals surface area contributed by atoms with Gasteiger partial charge in [0.25, 0.3) is 0 Å². The van der Waals surface area contributed by atoms with Gasteiger partial charge in [0.15, 0.2) is 0 Å². The Balaban J connectivity index is 1.94. The van der Waals surface area contributed by atoms with Crippen molar-refractivity contribution in [3.8, 4) is 0 Å². The molecule has 3 rings (SSSR count). The Morgan fingerprint density at radius 2 is 1.95 bits per heavy atom. The van der Waals surface area contributed by atoms with E-state index in [4.69, 9.17) is 5.73 Å². The number of rotatable bonds is 3. The van der Waals surface area contributed by atoms with Gasteiger partial charge in [0.1, 0.15) is 0 Å². The van der Waals surface area contributed by atoms with Gasteiger partial charge in [0.2, 0.25) is 0 Å². The lowest BCUT2D eigenvalue weighted by atomic mass is 10.2. The predicted molar refractivity (Wildman–Crippen MR) is 87.3 cm³/mol. The normalized spacial score (nSPS) is 10.9. The summed E-state index contributed by atoms with van der Waals surface area (Å²) in [4.78, 5) is 6.71. The Labute approximate surface area is 122 Å². The lowest BCUT2D eigenvalue weighted by molar-refractivity contribution is 0.925. The third-order valence-electron chi connectivity index (χ3n) is 3.32. The molecule has 4 heteroatoms. The Kier molecular flexibility index (Phi) is 3.32. The highest BCUT2D eigenvalue weighted by molar-refractivity contribution is 7.18. The maximum atomic E-state index is 6.19. The number of hydrogen-bond donors (Lipinski definition) is 1. The molecule has 0 spiro atoms. The highest BCUT2D eigenvalue weighted by atomic mass is 32.1. The molecule has 0 saturated heterocycles. The summed E-state index contributed by atoms with van der Waals surface area (Å²) in [5.74, 6) is 0. The maximum absolute atomic E-state index is 6.19. The summed E-state index contributed by atoms with van der Waals surface area (Å²) in [7, 11) is 2.06. The number of nitrogens with two attached hydrogens (primary N) is 1. The molecule has 0 atom stereocenters. The van der Waals surface area contributed by atoms with Gasteiger partial charge in [-0.1, -0.05) is 30.3 Å². The molecule has 1 aromatic heterocycles. The van der Waals surface area contributed by atoms with Gasteiger partial charge in [-0.05, 0) is 24.6 Å². The minimum absolute atomic E-state index is 0.805. The van der Waals surface area contributed by atoms with Crippen LogP contribution in [0.3, 0.4) is 0 Å². The number of fused-ring (bicyclic) bond motifs is 1. The van der Waals surface area contributed by atoms with Gasteiger partial charge >= 0.3 is 0 Å². The molecule has 3 aromatic rings. The predicted octanol–water partition coefficient (Wildman–Crippen LogP) is 3.82. The van der Waals surface area contributed by atoms with E-state index >= 15 is 0 Å². The van der Waals surface area contributed by atoms with Gasteiger partial charge in [-0.2, -0.15) is 0 Å². The molecule has 3 nitrogen and oxygen atoms in total. The summed E-state index contributed by atoms with van der Waals surface area (Å²) in [5.41, 5.74) is 10.3. The zero-order valence-electron chi connectivity index (χ0n) is 11.6. The standard InChI is InChI=1S/C16H17N3S/c1-11-18-14-9-15(13(17)8-16(14)20-11)19(2)10-12-6-4-3-5-7-12/h3-9H,10,17H2,1-2H3. The van der Waals surface area contributed by atoms with Crippen LogP contribution in [0.2, 0.25) is 0 Å². The lowest BCUT2D eigenvalue weighted by Crippen LogP contribution is -2.17. The molecule has 2 aromatic carbocycles. The Hall–Kier alpha value is -2.07. The highest BCUT2D eigenvalue weighted by Crippen LogP contribution is 2.32. The van der Waals surface area contributed by atoms with E-state index in [-0.39, 0.29) is 0 Å². The number of benzene rings is 2. The van der Waals surface area contributed by atoms with Gasteiger partial charge in [-0.25, -0.2) is 4.98 Å². The molecule has 102 valence electrons. The number of nitrogens with zero attached hydrogens (tertiary/aromatic N) is 2. The van der Waals surface area contributed by atoms with E-state index in [9.17, 15) is 0 Å². The molecular formula is C16H17N3S. The van der Waals surface area contributed by atoms with Crippen LogP contribution in [-0.2, 0) is 6.54 Å². The van der Waals surface area contributed by atoms with Gasteiger partial charge < -0.3 is 10.6 Å². The number of hydrogen-bond acceptors (Lipinski definition) is 4. The van der Waals surface area contributed by atoms with Crippen molar-refractivity contribution in [2.45, 2.75) is 13.5 Å². The fourth-order valence-electron chi connectivity index (χ4n) is 2.37. The minimum atomic E-state index is 0.805. The fourth-order valence-corrected chi connectivity index (χ4v) is 3.22. The Bertz CT molecular complexity index is 734. The Morgan fingerprint density at radius 3 is 2.70 bits per heavy atom. The third kappa shape index (κ3) is 2.47. The second kappa shape index (κ2) is 5.13. The van der Waals surface area contributed by atoms with Crippen LogP contribution in [0.1, 0.15) is 10.6 Å². The summed E-state index contributed by atoms with van der Waals surface area (Å²) < 4.78 is 1.15. The van der Waals surface area contributed by atoms with Crippen LogP contribution in [0, 0.1) is 6.92 Å². The van der Waals surface area contributed by atoms with E-state index < -0.39 is 0 Å². The largest absolute Gasteiger partial charge is 0.397 e. The van der Waals surface area contributed by atoms with Crippen molar-refractivity contribution < 1.29 is 0 Å². The van der Waals surface area contributed by atoms with Crippen molar-refractivity contribution in [1.29, 1.82) is 0 Å². The van der Waals surface area contributed by atoms with E-state index in [2.05, 4.69) is 47.3 Å². The highest BCUT2D eigenvalue weighted by Gasteiger charge is 2.10. The summed E-state index contributed by atoms with van der Waals surface area (Å²) in [6, 6.07) is 14.5. The molecule has 0 aliphatic rings. The van der Waals surface area contributed by atoms with Crippen molar-refractivity contribution in [2.24, 2.45) is 0 Å². The SMILES string of the molecule is Cc1nc2cc(N(C)Cc3ccccc3)c(N)cc2s1. The van der Waals surface area contributed by atoms with Gasteiger partial charge in [0.05, 0.1) is 26.6 Å². The quantitative estimate of drug-likeness (QED) is 0.743. The van der Waals surface area contributed by atoms with E-state index in [1.807, 2.05) is 19.1 Å². The third-order valence-corrected chi connectivity index (χ3v) is 4.25. The first kappa shape index (κ1) is 12.9. The first-order valence-corrected chi connectivity index (χ1v) is 7.37. The molecule has 20 heavy (non-hydrogen) atoms. The minimum Gasteiger partial charge on any atom is -0.397 e. The average Bonchev–Trinajstić information content (AvgIpc) is 2.78. The molecule has 1 heterocycles. The Morgan fingerprint density at radius 1 is 1.20 bits per heavy atom. The van der Waals surface area contributed by atoms with E-state index in [0.29, 0.717) is 0 Å². The second-order valence-corrected chi connectivity index (χ2v) is 6.19. The number of aryl methyl sites for hydroxylation is 1. The van der Waals surface area contributed by atoms with Crippen LogP contribution in [-0.4, -0.2) is 12.0 Å². The first-order chi connectivity index (χ1) is 9.63. The molecule has 0 radical (unpaired) electrons. The van der Waals surface area contributed by atoms with Crippen LogP contribution in [0.15, 0.2) is 42.5 Å². The van der Waals surface area contributed by atoms with E-state index in [1.165, 1.54) is 5.56 Å². The number of aromatic nitrogens is 1. The molecular weight excluding hydrogens is 266 g/mol. The molecule has 2 N–H and O–H groups in total. The molecule has 0 aliphatic carbocycles. The number of nitrogen functional groups attached to an aromatic ring is 1. The lowest BCUT2D eigenvalue weighted by Gasteiger charge is -2.21. The summed E-state index contributed by atoms with van der Waals surface area (Å²) >= 11 is 1.68. The number of anilines is 2. The zero-order valence-corrected chi connectivity index (χ0v) is 12.4. The molecule has 0 unspecified atom stereocenters. The molecule has 0 aliphatic heterocycles. The van der Waals surface area contributed by atoms with Crippen molar-refractivity contribution in [2.75, 3.05) is 17.7 Å². The van der Waals surface area contributed by atoms with E-state index in [1.54, 1.807) is 11.3 Å². The zero-order chi connectivity index (χ0) is 14.1. The summed E-state index contributed by atoms with van der Waals surface area (Å²) in [6.45, 7) is 2.86. The van der Waals surface area contributed by atoms with Gasteiger partial charge in [-0.3, -0.25) is 0 Å². The average molecular weight is 283 g/mol. The topological polar surface area (TPSA) is 42.2 Å². The van der Waals surface area contributed by atoms with Gasteiger partial charge in [0, 0.05) is 13.6 Å². The smallest absolute Gasteiger partial charge is 0.0907 e. The molecule has 0 bridgehead atoms. The van der Waals surface area contributed by atoms with Gasteiger partial charge in [-0.15, -0.1) is 11.3 Å². The van der Waals surface area contributed by atoms with Crippen molar-refractivity contribution in [3.63, 3.8) is 0 Å². The maximum Gasteiger partial charge on any atom is 0.0907 e. The van der Waals surface area contributed by atoms with Crippen molar-refractivity contribution in [1.82, 2.24) is 4.98 Å². The molecule has 0 saturated carbocycles. The van der Waals surface area contributed by atoms with Crippen LogP contribution in [0.4, 0.5) is 11.4 Å². The molecule has 0 amide bonds. The monoisotopic (exact) mass is 283 g/mol. The van der Waals surface area contributed by atoms with Crippen LogP contribution in [0.25, 0.3) is 10.2 Å². The number of thiazole rings is 1.